The predicted octanol–water partition coefficient (Wildman–Crippen LogP) is 4.76. The second-order valence-corrected chi connectivity index (χ2v) is 6.16. The van der Waals surface area contributed by atoms with Gasteiger partial charge in [-0.3, -0.25) is 4.90 Å². The average Bonchev–Trinajstić information content (AvgIpc) is 2.79. The summed E-state index contributed by atoms with van der Waals surface area (Å²) in [7, 11) is 0. The van der Waals surface area contributed by atoms with Gasteiger partial charge >= 0.3 is 0 Å². The summed E-state index contributed by atoms with van der Waals surface area (Å²) in [5.41, 5.74) is 0. The molecular formula is C14H24ClNS. The molecule has 0 spiro atoms. The number of alkyl halides is 1. The largest absolute Gasteiger partial charge is 0.296 e. The lowest BCUT2D eigenvalue weighted by Gasteiger charge is -2.25. The van der Waals surface area contributed by atoms with E-state index in [1.807, 2.05) is 11.3 Å². The van der Waals surface area contributed by atoms with Crippen molar-refractivity contribution in [2.24, 2.45) is 0 Å². The van der Waals surface area contributed by atoms with Crippen molar-refractivity contribution < 1.29 is 0 Å². The minimum atomic E-state index is 0.630. The number of hydrogen-bond acceptors (Lipinski definition) is 2. The first-order valence-corrected chi connectivity index (χ1v) is 7.98. The molecule has 0 fully saturated rings. The van der Waals surface area contributed by atoms with Gasteiger partial charge in [-0.1, -0.05) is 18.9 Å². The Hall–Kier alpha value is -0.0500. The van der Waals surface area contributed by atoms with Crippen LogP contribution in [0.4, 0.5) is 0 Å². The maximum atomic E-state index is 5.68. The molecule has 1 heterocycles. The van der Waals surface area contributed by atoms with E-state index in [4.69, 9.17) is 11.6 Å². The molecule has 0 unspecified atom stereocenters. The highest BCUT2D eigenvalue weighted by Gasteiger charge is 2.09. The number of hydrogen-bond donors (Lipinski definition) is 0. The van der Waals surface area contributed by atoms with Crippen molar-refractivity contribution in [2.75, 3.05) is 12.4 Å². The molecule has 0 radical (unpaired) electrons. The molecule has 1 nitrogen and oxygen atoms in total. The van der Waals surface area contributed by atoms with Crippen LogP contribution >= 0.6 is 22.9 Å². The van der Waals surface area contributed by atoms with Gasteiger partial charge in [-0.05, 0) is 44.7 Å². The van der Waals surface area contributed by atoms with E-state index in [1.54, 1.807) is 0 Å². The van der Waals surface area contributed by atoms with Crippen molar-refractivity contribution in [3.63, 3.8) is 0 Å². The summed E-state index contributed by atoms with van der Waals surface area (Å²) in [6.07, 6.45) is 5.03. The van der Waals surface area contributed by atoms with Crippen LogP contribution in [0.5, 0.6) is 0 Å². The highest BCUT2D eigenvalue weighted by molar-refractivity contribution is 7.09. The molecule has 17 heavy (non-hydrogen) atoms. The van der Waals surface area contributed by atoms with Crippen LogP contribution in [0, 0.1) is 0 Å². The number of halogens is 1. The molecular weight excluding hydrogens is 250 g/mol. The predicted molar refractivity (Wildman–Crippen MR) is 79.1 cm³/mol. The molecule has 1 rings (SSSR count). The number of nitrogens with zero attached hydrogens (tertiary/aromatic N) is 1. The molecule has 0 saturated heterocycles. The van der Waals surface area contributed by atoms with Gasteiger partial charge < -0.3 is 0 Å². The fourth-order valence-corrected chi connectivity index (χ4v) is 2.80. The Kier molecular flexibility index (Phi) is 7.91. The summed E-state index contributed by atoms with van der Waals surface area (Å²) in [5.74, 6) is 0.809. The van der Waals surface area contributed by atoms with Crippen LogP contribution in [0.3, 0.4) is 0 Å². The van der Waals surface area contributed by atoms with Crippen LogP contribution in [-0.4, -0.2) is 23.4 Å². The van der Waals surface area contributed by atoms with Crippen molar-refractivity contribution in [3.8, 4) is 0 Å². The summed E-state index contributed by atoms with van der Waals surface area (Å²) in [6, 6.07) is 5.00. The monoisotopic (exact) mass is 273 g/mol. The molecule has 0 N–H and O–H groups in total. The molecule has 0 atom stereocenters. The van der Waals surface area contributed by atoms with Crippen LogP contribution in [-0.2, 0) is 6.54 Å². The van der Waals surface area contributed by atoms with E-state index in [2.05, 4.69) is 36.3 Å². The first kappa shape index (κ1) is 15.0. The Bertz CT molecular complexity index is 272. The zero-order chi connectivity index (χ0) is 12.5. The zero-order valence-electron chi connectivity index (χ0n) is 11.0. The molecule has 1 aromatic heterocycles. The third-order valence-corrected chi connectivity index (χ3v) is 4.13. The van der Waals surface area contributed by atoms with Gasteiger partial charge in [0, 0.05) is 23.3 Å². The standard InChI is InChI=1S/C14H24ClNS/c1-13(2)16(10-6-4-3-5-9-15)12-14-8-7-11-17-14/h7-8,11,13H,3-6,9-10,12H2,1-2H3. The highest BCUT2D eigenvalue weighted by Crippen LogP contribution is 2.15. The van der Waals surface area contributed by atoms with Gasteiger partial charge in [0.2, 0.25) is 0 Å². The Balaban J connectivity index is 2.24. The lowest BCUT2D eigenvalue weighted by atomic mass is 10.2. The fraction of sp³-hybridized carbons (Fsp3) is 0.714. The summed E-state index contributed by atoms with van der Waals surface area (Å²) < 4.78 is 0. The molecule has 0 aliphatic rings. The average molecular weight is 274 g/mol. The van der Waals surface area contributed by atoms with E-state index in [0.29, 0.717) is 6.04 Å². The second kappa shape index (κ2) is 8.96. The van der Waals surface area contributed by atoms with Crippen LogP contribution in [0.25, 0.3) is 0 Å². The first-order chi connectivity index (χ1) is 8.24. The zero-order valence-corrected chi connectivity index (χ0v) is 12.6. The topological polar surface area (TPSA) is 3.24 Å². The summed E-state index contributed by atoms with van der Waals surface area (Å²) in [4.78, 5) is 4.03. The summed E-state index contributed by atoms with van der Waals surface area (Å²) in [6.45, 7) is 6.88. The molecule has 98 valence electrons. The van der Waals surface area contributed by atoms with E-state index >= 15 is 0 Å². The summed E-state index contributed by atoms with van der Waals surface area (Å²) >= 11 is 7.54. The Morgan fingerprint density at radius 1 is 1.24 bits per heavy atom. The van der Waals surface area contributed by atoms with Gasteiger partial charge in [0.25, 0.3) is 0 Å². The normalized spacial score (nSPS) is 11.6. The Morgan fingerprint density at radius 2 is 2.00 bits per heavy atom. The van der Waals surface area contributed by atoms with E-state index in [0.717, 1.165) is 18.8 Å². The van der Waals surface area contributed by atoms with Crippen molar-refractivity contribution in [3.05, 3.63) is 22.4 Å². The van der Waals surface area contributed by atoms with Gasteiger partial charge in [-0.2, -0.15) is 0 Å². The Morgan fingerprint density at radius 3 is 2.59 bits per heavy atom. The second-order valence-electron chi connectivity index (χ2n) is 4.75. The van der Waals surface area contributed by atoms with Crippen molar-refractivity contribution in [1.82, 2.24) is 4.90 Å². The Labute approximate surface area is 115 Å². The van der Waals surface area contributed by atoms with Gasteiger partial charge in [0.15, 0.2) is 0 Å². The molecule has 0 aliphatic heterocycles. The van der Waals surface area contributed by atoms with Crippen molar-refractivity contribution >= 4 is 22.9 Å². The van der Waals surface area contributed by atoms with Gasteiger partial charge in [0.05, 0.1) is 0 Å². The minimum Gasteiger partial charge on any atom is -0.296 e. The molecule has 0 aliphatic carbocycles. The van der Waals surface area contributed by atoms with E-state index in [9.17, 15) is 0 Å². The highest BCUT2D eigenvalue weighted by atomic mass is 35.5. The van der Waals surface area contributed by atoms with Crippen LogP contribution < -0.4 is 0 Å². The fourth-order valence-electron chi connectivity index (χ4n) is 1.89. The maximum Gasteiger partial charge on any atom is 0.0330 e. The van der Waals surface area contributed by atoms with Crippen molar-refractivity contribution in [1.29, 1.82) is 0 Å². The lowest BCUT2D eigenvalue weighted by Crippen LogP contribution is -2.31. The maximum absolute atomic E-state index is 5.68. The molecule has 0 bridgehead atoms. The van der Waals surface area contributed by atoms with Crippen LogP contribution in [0.1, 0.15) is 44.4 Å². The van der Waals surface area contributed by atoms with E-state index in [1.165, 1.54) is 30.7 Å². The molecule has 0 saturated carbocycles. The third-order valence-electron chi connectivity index (χ3n) is 3.00. The van der Waals surface area contributed by atoms with Crippen LogP contribution in [0.2, 0.25) is 0 Å². The number of rotatable bonds is 9. The first-order valence-electron chi connectivity index (χ1n) is 6.56. The molecule has 0 aromatic carbocycles. The third kappa shape index (κ3) is 6.44. The van der Waals surface area contributed by atoms with Gasteiger partial charge in [0.1, 0.15) is 0 Å². The van der Waals surface area contributed by atoms with Gasteiger partial charge in [-0.25, -0.2) is 0 Å². The smallest absolute Gasteiger partial charge is 0.0330 e. The molecule has 0 amide bonds. The van der Waals surface area contributed by atoms with E-state index in [-0.39, 0.29) is 0 Å². The van der Waals surface area contributed by atoms with Crippen molar-refractivity contribution in [2.45, 2.75) is 52.1 Å². The molecule has 3 heteroatoms. The van der Waals surface area contributed by atoms with Gasteiger partial charge in [-0.15, -0.1) is 22.9 Å². The van der Waals surface area contributed by atoms with Crippen LogP contribution in [0.15, 0.2) is 17.5 Å². The minimum absolute atomic E-state index is 0.630. The lowest BCUT2D eigenvalue weighted by molar-refractivity contribution is 0.210. The SMILES string of the molecule is CC(C)N(CCCCCCCl)Cc1cccs1. The quantitative estimate of drug-likeness (QED) is 0.463. The molecule has 1 aromatic rings. The summed E-state index contributed by atoms with van der Waals surface area (Å²) in [5, 5.41) is 2.16. The van der Waals surface area contributed by atoms with E-state index < -0.39 is 0 Å². The number of thiophene rings is 1. The number of unbranched alkanes of at least 4 members (excludes halogenated alkanes) is 3.